The van der Waals surface area contributed by atoms with E-state index in [1.165, 1.54) is 12.1 Å². The molecule has 2 nitrogen and oxygen atoms in total. The highest BCUT2D eigenvalue weighted by Crippen LogP contribution is 2.61. The van der Waals surface area contributed by atoms with E-state index in [0.717, 1.165) is 17.5 Å². The van der Waals surface area contributed by atoms with Crippen LogP contribution in [0, 0.1) is 17.7 Å². The average Bonchev–Trinajstić information content (AvgIpc) is 2.73. The van der Waals surface area contributed by atoms with Crippen molar-refractivity contribution in [2.24, 2.45) is 11.8 Å². The molecular weight excluding hydrogens is 183 g/mol. The fourth-order valence-corrected chi connectivity index (χ4v) is 2.70. The molecule has 0 amide bonds. The molecule has 3 rings (SSSR count). The SMILES string of the molecule is O=C(O)[C@@H]1[C@H]2Cc3ccc(F)cc3[C@@H]21. The first-order chi connectivity index (χ1) is 6.68. The molecule has 2 aliphatic rings. The molecule has 1 saturated carbocycles. The van der Waals surface area contributed by atoms with Gasteiger partial charge >= 0.3 is 5.97 Å². The fourth-order valence-electron chi connectivity index (χ4n) is 2.70. The smallest absolute Gasteiger partial charge is 0.307 e. The molecule has 0 heterocycles. The third-order valence-electron chi connectivity index (χ3n) is 3.38. The molecule has 0 radical (unpaired) electrons. The van der Waals surface area contributed by atoms with Gasteiger partial charge in [0, 0.05) is 5.92 Å². The fraction of sp³-hybridized carbons (Fsp3) is 0.364. The number of aliphatic carboxylic acids is 1. The third kappa shape index (κ3) is 0.870. The lowest BCUT2D eigenvalue weighted by Crippen LogP contribution is -2.05. The minimum Gasteiger partial charge on any atom is -0.481 e. The van der Waals surface area contributed by atoms with Crippen LogP contribution in [0.2, 0.25) is 0 Å². The van der Waals surface area contributed by atoms with Crippen molar-refractivity contribution in [1.29, 1.82) is 0 Å². The molecule has 0 spiro atoms. The van der Waals surface area contributed by atoms with Crippen molar-refractivity contribution >= 4 is 5.97 Å². The predicted molar refractivity (Wildman–Crippen MR) is 47.5 cm³/mol. The van der Waals surface area contributed by atoms with Crippen molar-refractivity contribution in [2.75, 3.05) is 0 Å². The van der Waals surface area contributed by atoms with Crippen LogP contribution in [0.3, 0.4) is 0 Å². The van der Waals surface area contributed by atoms with Gasteiger partial charge in [0.15, 0.2) is 0 Å². The van der Waals surface area contributed by atoms with Crippen molar-refractivity contribution in [1.82, 2.24) is 0 Å². The Balaban J connectivity index is 2.01. The number of hydrogen-bond donors (Lipinski definition) is 1. The van der Waals surface area contributed by atoms with Crippen LogP contribution >= 0.6 is 0 Å². The molecule has 1 N–H and O–H groups in total. The van der Waals surface area contributed by atoms with E-state index < -0.39 is 5.97 Å². The van der Waals surface area contributed by atoms with E-state index in [4.69, 9.17) is 5.11 Å². The molecule has 0 unspecified atom stereocenters. The molecule has 0 aliphatic heterocycles. The van der Waals surface area contributed by atoms with Crippen LogP contribution in [0.4, 0.5) is 4.39 Å². The number of carbonyl (C=O) groups is 1. The molecule has 72 valence electrons. The van der Waals surface area contributed by atoms with Crippen LogP contribution in [0.1, 0.15) is 17.0 Å². The van der Waals surface area contributed by atoms with Gasteiger partial charge in [0.05, 0.1) is 5.92 Å². The second-order valence-electron chi connectivity index (χ2n) is 4.10. The highest BCUT2D eigenvalue weighted by Gasteiger charge is 2.59. The van der Waals surface area contributed by atoms with Gasteiger partial charge in [-0.15, -0.1) is 0 Å². The summed E-state index contributed by atoms with van der Waals surface area (Å²) in [6.07, 6.45) is 0.803. The predicted octanol–water partition coefficient (Wildman–Crippen LogP) is 1.80. The number of fused-ring (bicyclic) bond motifs is 3. The van der Waals surface area contributed by atoms with Crippen molar-refractivity contribution in [2.45, 2.75) is 12.3 Å². The summed E-state index contributed by atoms with van der Waals surface area (Å²) in [6, 6.07) is 4.71. The number of hydrogen-bond acceptors (Lipinski definition) is 1. The number of benzene rings is 1. The maximum Gasteiger partial charge on any atom is 0.307 e. The molecule has 14 heavy (non-hydrogen) atoms. The van der Waals surface area contributed by atoms with E-state index in [9.17, 15) is 9.18 Å². The molecule has 1 fully saturated rings. The van der Waals surface area contributed by atoms with Gasteiger partial charge in [-0.05, 0) is 35.6 Å². The minimum absolute atomic E-state index is 0.0817. The molecule has 2 aliphatic carbocycles. The van der Waals surface area contributed by atoms with Gasteiger partial charge in [-0.1, -0.05) is 6.07 Å². The summed E-state index contributed by atoms with van der Waals surface area (Å²) in [5.74, 6) is -0.956. The molecular formula is C11H9FO2. The number of rotatable bonds is 1. The summed E-state index contributed by atoms with van der Waals surface area (Å²) in [5.41, 5.74) is 2.04. The first-order valence-electron chi connectivity index (χ1n) is 4.69. The Labute approximate surface area is 80.4 Å². The lowest BCUT2D eigenvalue weighted by Gasteiger charge is -2.04. The quantitative estimate of drug-likeness (QED) is 0.736. The highest BCUT2D eigenvalue weighted by atomic mass is 19.1. The molecule has 0 aromatic heterocycles. The number of carboxylic acid groups (broad SMARTS) is 1. The maximum atomic E-state index is 12.9. The van der Waals surface area contributed by atoms with Gasteiger partial charge in [-0.25, -0.2) is 4.39 Å². The monoisotopic (exact) mass is 192 g/mol. The number of carboxylic acids is 1. The van der Waals surface area contributed by atoms with E-state index in [0.29, 0.717) is 0 Å². The molecule has 0 saturated heterocycles. The Hall–Kier alpha value is -1.38. The van der Waals surface area contributed by atoms with E-state index in [2.05, 4.69) is 0 Å². The Morgan fingerprint density at radius 2 is 2.29 bits per heavy atom. The zero-order valence-electron chi connectivity index (χ0n) is 7.40. The largest absolute Gasteiger partial charge is 0.481 e. The van der Waals surface area contributed by atoms with Gasteiger partial charge in [-0.2, -0.15) is 0 Å². The summed E-state index contributed by atoms with van der Waals surface area (Å²) in [6.45, 7) is 0. The number of halogens is 1. The first kappa shape index (κ1) is 7.97. The summed E-state index contributed by atoms with van der Waals surface area (Å²) in [5, 5.41) is 8.86. The molecule has 1 aromatic carbocycles. The van der Waals surface area contributed by atoms with E-state index in [-0.39, 0.29) is 23.6 Å². The van der Waals surface area contributed by atoms with Gasteiger partial charge in [-0.3, -0.25) is 4.79 Å². The average molecular weight is 192 g/mol. The van der Waals surface area contributed by atoms with Gasteiger partial charge in [0.25, 0.3) is 0 Å². The van der Waals surface area contributed by atoms with Crippen LogP contribution in [0.25, 0.3) is 0 Å². The maximum absolute atomic E-state index is 12.9. The van der Waals surface area contributed by atoms with Crippen LogP contribution in [-0.2, 0) is 11.2 Å². The lowest BCUT2D eigenvalue weighted by molar-refractivity contribution is -0.139. The highest BCUT2D eigenvalue weighted by molar-refractivity contribution is 5.77. The summed E-state index contributed by atoms with van der Waals surface area (Å²) >= 11 is 0. The van der Waals surface area contributed by atoms with Crippen LogP contribution < -0.4 is 0 Å². The van der Waals surface area contributed by atoms with E-state index in [1.807, 2.05) is 0 Å². The van der Waals surface area contributed by atoms with Gasteiger partial charge in [0.2, 0.25) is 0 Å². The lowest BCUT2D eigenvalue weighted by atomic mass is 10.0. The van der Waals surface area contributed by atoms with Crippen molar-refractivity contribution < 1.29 is 14.3 Å². The molecule has 3 atom stereocenters. The Bertz CT molecular complexity index is 427. The van der Waals surface area contributed by atoms with Crippen molar-refractivity contribution in [3.8, 4) is 0 Å². The van der Waals surface area contributed by atoms with Gasteiger partial charge < -0.3 is 5.11 Å². The van der Waals surface area contributed by atoms with Crippen LogP contribution in [-0.4, -0.2) is 11.1 Å². The minimum atomic E-state index is -0.741. The zero-order valence-corrected chi connectivity index (χ0v) is 7.40. The topological polar surface area (TPSA) is 37.3 Å². The Morgan fingerprint density at radius 1 is 1.50 bits per heavy atom. The molecule has 1 aromatic rings. The van der Waals surface area contributed by atoms with E-state index in [1.54, 1.807) is 6.07 Å². The Morgan fingerprint density at radius 3 is 3.00 bits per heavy atom. The zero-order chi connectivity index (χ0) is 9.87. The van der Waals surface area contributed by atoms with Crippen LogP contribution in [0.5, 0.6) is 0 Å². The summed E-state index contributed by atoms with van der Waals surface area (Å²) in [4.78, 5) is 10.8. The first-order valence-corrected chi connectivity index (χ1v) is 4.69. The standard InChI is InChI=1S/C11H9FO2/c12-6-2-1-5-3-8-9(7(5)4-6)10(8)11(13)14/h1-2,4,8-10H,3H2,(H,13,14)/t8-,9-,10+/m0/s1. The second-order valence-corrected chi connectivity index (χ2v) is 4.10. The Kier molecular flexibility index (Phi) is 1.34. The van der Waals surface area contributed by atoms with Crippen LogP contribution in [0.15, 0.2) is 18.2 Å². The van der Waals surface area contributed by atoms with Crippen molar-refractivity contribution in [3.05, 3.63) is 35.1 Å². The van der Waals surface area contributed by atoms with Gasteiger partial charge in [0.1, 0.15) is 5.82 Å². The third-order valence-corrected chi connectivity index (χ3v) is 3.38. The summed E-state index contributed by atoms with van der Waals surface area (Å²) < 4.78 is 12.9. The second kappa shape index (κ2) is 2.35. The summed E-state index contributed by atoms with van der Waals surface area (Å²) in [7, 11) is 0. The van der Waals surface area contributed by atoms with E-state index >= 15 is 0 Å². The van der Waals surface area contributed by atoms with Crippen molar-refractivity contribution in [3.63, 3.8) is 0 Å². The molecule has 0 bridgehead atoms. The normalized spacial score (nSPS) is 32.2. The molecule has 3 heteroatoms.